The predicted molar refractivity (Wildman–Crippen MR) is 80.0 cm³/mol. The highest BCUT2D eigenvalue weighted by Crippen LogP contribution is 2.21. The molecule has 0 aliphatic carbocycles. The van der Waals surface area contributed by atoms with Gasteiger partial charge in [0.05, 0.1) is 12.2 Å². The molecule has 1 rings (SSSR count). The summed E-state index contributed by atoms with van der Waals surface area (Å²) in [5.41, 5.74) is 0. The van der Waals surface area contributed by atoms with E-state index < -0.39 is 0 Å². The van der Waals surface area contributed by atoms with E-state index in [-0.39, 0.29) is 12.2 Å². The number of likely N-dealkylation sites (N-methyl/N-ethyl adjacent to an activating group) is 1. The molecule has 1 aliphatic rings. The lowest BCUT2D eigenvalue weighted by atomic mass is 9.99. The Labute approximate surface area is 118 Å². The molecule has 3 atom stereocenters. The number of carbonyl (C=O) groups is 1. The molecule has 112 valence electrons. The van der Waals surface area contributed by atoms with E-state index in [2.05, 4.69) is 49.9 Å². The predicted octanol–water partition coefficient (Wildman–Crippen LogP) is 1.91. The molecule has 4 nitrogen and oxygen atoms in total. The second-order valence-corrected chi connectivity index (χ2v) is 5.76. The van der Waals surface area contributed by atoms with Crippen molar-refractivity contribution in [2.45, 2.75) is 59.2 Å². The summed E-state index contributed by atoms with van der Waals surface area (Å²) in [6.45, 7) is 11.5. The van der Waals surface area contributed by atoms with Crippen molar-refractivity contribution >= 4 is 5.91 Å². The Balaban J connectivity index is 2.66. The molecular weight excluding hydrogens is 238 g/mol. The van der Waals surface area contributed by atoms with E-state index in [1.165, 1.54) is 0 Å². The van der Waals surface area contributed by atoms with Crippen LogP contribution in [-0.2, 0) is 4.79 Å². The van der Waals surface area contributed by atoms with Crippen LogP contribution in [0.15, 0.2) is 0 Å². The van der Waals surface area contributed by atoms with E-state index in [9.17, 15) is 4.79 Å². The van der Waals surface area contributed by atoms with Crippen molar-refractivity contribution in [2.24, 2.45) is 5.92 Å². The molecule has 3 unspecified atom stereocenters. The smallest absolute Gasteiger partial charge is 0.241 e. The molecular formula is C15H31N3O. The lowest BCUT2D eigenvalue weighted by Gasteiger charge is -2.26. The third-order valence-electron chi connectivity index (χ3n) is 4.33. The zero-order valence-corrected chi connectivity index (χ0v) is 13.3. The van der Waals surface area contributed by atoms with Crippen molar-refractivity contribution in [3.05, 3.63) is 0 Å². The first kappa shape index (κ1) is 16.4. The maximum Gasteiger partial charge on any atom is 0.241 e. The lowest BCUT2D eigenvalue weighted by molar-refractivity contribution is -0.131. The molecule has 1 aliphatic heterocycles. The van der Waals surface area contributed by atoms with Crippen molar-refractivity contribution in [1.82, 2.24) is 15.1 Å². The van der Waals surface area contributed by atoms with Crippen molar-refractivity contribution in [3.8, 4) is 0 Å². The molecule has 1 heterocycles. The van der Waals surface area contributed by atoms with Crippen LogP contribution in [0.3, 0.4) is 0 Å². The fourth-order valence-corrected chi connectivity index (χ4v) is 2.56. The Morgan fingerprint density at radius 1 is 1.37 bits per heavy atom. The van der Waals surface area contributed by atoms with E-state index >= 15 is 0 Å². The minimum atomic E-state index is 0.0217. The molecule has 0 aromatic rings. The van der Waals surface area contributed by atoms with Gasteiger partial charge in [-0.25, -0.2) is 0 Å². The Hall–Kier alpha value is -0.610. The van der Waals surface area contributed by atoms with Gasteiger partial charge < -0.3 is 9.80 Å². The number of carbonyl (C=O) groups excluding carboxylic acids is 1. The number of hydrogen-bond acceptors (Lipinski definition) is 3. The van der Waals surface area contributed by atoms with Gasteiger partial charge in [0, 0.05) is 13.1 Å². The van der Waals surface area contributed by atoms with E-state index in [1.54, 1.807) is 0 Å². The van der Waals surface area contributed by atoms with Crippen LogP contribution in [0.4, 0.5) is 0 Å². The first-order valence-corrected chi connectivity index (χ1v) is 7.80. The Morgan fingerprint density at radius 3 is 2.58 bits per heavy atom. The number of hydrogen-bond donors (Lipinski definition) is 1. The standard InChI is InChI=1S/C15H31N3O/c1-6-9-13-16-14(12(4)7-2)15(19)18(13)11-10-17(5)8-3/h12-14,16H,6-11H2,1-5H3. The number of amides is 1. The van der Waals surface area contributed by atoms with Crippen LogP contribution >= 0.6 is 0 Å². The van der Waals surface area contributed by atoms with Crippen molar-refractivity contribution in [3.63, 3.8) is 0 Å². The average Bonchev–Trinajstić information content (AvgIpc) is 2.72. The highest BCUT2D eigenvalue weighted by Gasteiger charge is 2.40. The van der Waals surface area contributed by atoms with E-state index in [0.29, 0.717) is 11.8 Å². The summed E-state index contributed by atoms with van der Waals surface area (Å²) >= 11 is 0. The lowest BCUT2D eigenvalue weighted by Crippen LogP contribution is -2.41. The van der Waals surface area contributed by atoms with Crippen molar-refractivity contribution < 1.29 is 4.79 Å². The zero-order chi connectivity index (χ0) is 14.4. The average molecular weight is 269 g/mol. The molecule has 0 saturated carbocycles. The van der Waals surface area contributed by atoms with E-state index in [0.717, 1.165) is 38.9 Å². The van der Waals surface area contributed by atoms with E-state index in [1.807, 2.05) is 0 Å². The maximum atomic E-state index is 12.5. The second-order valence-electron chi connectivity index (χ2n) is 5.76. The van der Waals surface area contributed by atoms with Crippen LogP contribution in [0.5, 0.6) is 0 Å². The molecule has 1 saturated heterocycles. The van der Waals surface area contributed by atoms with Crippen LogP contribution in [0.25, 0.3) is 0 Å². The second kappa shape index (κ2) is 7.85. The molecule has 1 N–H and O–H groups in total. The summed E-state index contributed by atoms with van der Waals surface area (Å²) in [5, 5.41) is 3.54. The number of rotatable bonds is 8. The molecule has 4 heteroatoms. The first-order chi connectivity index (χ1) is 9.04. The van der Waals surface area contributed by atoms with Gasteiger partial charge in [-0.1, -0.05) is 40.5 Å². The molecule has 0 aromatic carbocycles. The Kier molecular flexibility index (Phi) is 6.80. The number of nitrogens with zero attached hydrogens (tertiary/aromatic N) is 2. The highest BCUT2D eigenvalue weighted by molar-refractivity contribution is 5.84. The zero-order valence-electron chi connectivity index (χ0n) is 13.3. The fourth-order valence-electron chi connectivity index (χ4n) is 2.56. The monoisotopic (exact) mass is 269 g/mol. The van der Waals surface area contributed by atoms with Crippen LogP contribution < -0.4 is 5.32 Å². The molecule has 1 fully saturated rings. The van der Waals surface area contributed by atoms with Gasteiger partial charge in [0.1, 0.15) is 0 Å². The van der Waals surface area contributed by atoms with Crippen LogP contribution in [0, 0.1) is 5.92 Å². The van der Waals surface area contributed by atoms with Gasteiger partial charge in [-0.15, -0.1) is 0 Å². The Bertz CT molecular complexity index is 283. The SMILES string of the molecule is CCCC1NC(C(C)CC)C(=O)N1CCN(C)CC. The molecule has 0 radical (unpaired) electrons. The minimum Gasteiger partial charge on any atom is -0.325 e. The third kappa shape index (κ3) is 4.18. The van der Waals surface area contributed by atoms with Gasteiger partial charge in [-0.2, -0.15) is 0 Å². The van der Waals surface area contributed by atoms with Gasteiger partial charge in [0.25, 0.3) is 0 Å². The molecule has 0 spiro atoms. The quantitative estimate of drug-likeness (QED) is 0.731. The minimum absolute atomic E-state index is 0.0217. The summed E-state index contributed by atoms with van der Waals surface area (Å²) in [5.74, 6) is 0.720. The summed E-state index contributed by atoms with van der Waals surface area (Å²) in [6, 6.07) is 0.0217. The summed E-state index contributed by atoms with van der Waals surface area (Å²) < 4.78 is 0. The van der Waals surface area contributed by atoms with Gasteiger partial charge in [0.15, 0.2) is 0 Å². The summed E-state index contributed by atoms with van der Waals surface area (Å²) in [7, 11) is 2.11. The van der Waals surface area contributed by atoms with Crippen LogP contribution in [-0.4, -0.2) is 54.6 Å². The fraction of sp³-hybridized carbons (Fsp3) is 0.933. The van der Waals surface area contributed by atoms with Gasteiger partial charge >= 0.3 is 0 Å². The maximum absolute atomic E-state index is 12.5. The van der Waals surface area contributed by atoms with Crippen LogP contribution in [0.2, 0.25) is 0 Å². The largest absolute Gasteiger partial charge is 0.325 e. The summed E-state index contributed by atoms with van der Waals surface area (Å²) in [6.07, 6.45) is 3.44. The summed E-state index contributed by atoms with van der Waals surface area (Å²) in [4.78, 5) is 16.9. The third-order valence-corrected chi connectivity index (χ3v) is 4.33. The van der Waals surface area contributed by atoms with Crippen molar-refractivity contribution in [1.29, 1.82) is 0 Å². The number of nitrogens with one attached hydrogen (secondary N) is 1. The first-order valence-electron chi connectivity index (χ1n) is 7.80. The molecule has 0 bridgehead atoms. The normalized spacial score (nSPS) is 25.4. The topological polar surface area (TPSA) is 35.6 Å². The Morgan fingerprint density at radius 2 is 2.05 bits per heavy atom. The van der Waals surface area contributed by atoms with Crippen molar-refractivity contribution in [2.75, 3.05) is 26.7 Å². The highest BCUT2D eigenvalue weighted by atomic mass is 16.2. The van der Waals surface area contributed by atoms with Gasteiger partial charge in [-0.3, -0.25) is 10.1 Å². The van der Waals surface area contributed by atoms with E-state index in [4.69, 9.17) is 0 Å². The van der Waals surface area contributed by atoms with Crippen LogP contribution in [0.1, 0.15) is 47.0 Å². The molecule has 1 amide bonds. The molecule has 0 aromatic heterocycles. The molecule has 19 heavy (non-hydrogen) atoms. The van der Waals surface area contributed by atoms with Gasteiger partial charge in [-0.05, 0) is 25.9 Å². The van der Waals surface area contributed by atoms with Gasteiger partial charge in [0.2, 0.25) is 5.91 Å².